The van der Waals surface area contributed by atoms with E-state index < -0.39 is 17.3 Å². The Labute approximate surface area is 124 Å². The van der Waals surface area contributed by atoms with Crippen molar-refractivity contribution in [3.63, 3.8) is 0 Å². The summed E-state index contributed by atoms with van der Waals surface area (Å²) in [5.74, 6) is -1.00. The summed E-state index contributed by atoms with van der Waals surface area (Å²) < 4.78 is 28.2. The summed E-state index contributed by atoms with van der Waals surface area (Å²) in [6.07, 6.45) is 1.97. The molecular weight excluding hydrogens is 270 g/mol. The Kier molecular flexibility index (Phi) is 4.43. The minimum Gasteiger partial charge on any atom is -0.386 e. The Hall–Kier alpha value is -1.74. The molecule has 0 aromatic heterocycles. The zero-order chi connectivity index (χ0) is 15.6. The lowest BCUT2D eigenvalue weighted by Gasteiger charge is -2.26. The molecule has 0 spiro atoms. The lowest BCUT2D eigenvalue weighted by atomic mass is 9.83. The molecule has 0 radical (unpaired) electrons. The zero-order valence-corrected chi connectivity index (χ0v) is 12.6. The lowest BCUT2D eigenvalue weighted by Crippen LogP contribution is -2.23. The van der Waals surface area contributed by atoms with Crippen LogP contribution in [0.25, 0.3) is 5.57 Å². The van der Waals surface area contributed by atoms with Gasteiger partial charge < -0.3 is 5.11 Å². The highest BCUT2D eigenvalue weighted by Gasteiger charge is 2.28. The zero-order valence-electron chi connectivity index (χ0n) is 12.6. The highest BCUT2D eigenvalue weighted by atomic mass is 19.1. The molecule has 1 aromatic carbocycles. The van der Waals surface area contributed by atoms with Crippen LogP contribution < -0.4 is 0 Å². The Morgan fingerprint density at radius 2 is 1.76 bits per heavy atom. The van der Waals surface area contributed by atoms with E-state index in [1.165, 1.54) is 6.08 Å². The van der Waals surface area contributed by atoms with Crippen LogP contribution in [0.3, 0.4) is 0 Å². The van der Waals surface area contributed by atoms with Gasteiger partial charge in [-0.1, -0.05) is 30.3 Å². The molecule has 0 heterocycles. The first-order chi connectivity index (χ1) is 9.82. The maximum atomic E-state index is 14.1. The van der Waals surface area contributed by atoms with Gasteiger partial charge in [-0.2, -0.15) is 0 Å². The summed E-state index contributed by atoms with van der Waals surface area (Å²) in [4.78, 5) is 0. The first-order valence-electron chi connectivity index (χ1n) is 7.06. The summed E-state index contributed by atoms with van der Waals surface area (Å²) in [5, 5.41) is 10.5. The third kappa shape index (κ3) is 3.30. The number of rotatable bonds is 3. The summed E-state index contributed by atoms with van der Waals surface area (Å²) in [5.41, 5.74) is 0.540. The number of aliphatic hydroxyl groups is 1. The molecule has 0 fully saturated rings. The van der Waals surface area contributed by atoms with Crippen LogP contribution in [0.5, 0.6) is 0 Å². The molecule has 0 atom stereocenters. The molecule has 1 aliphatic carbocycles. The SMILES string of the molecule is C/C(C1=C(F)CCC=C1F)=C(/c1ccccc1)C(C)(C)O. The van der Waals surface area contributed by atoms with E-state index >= 15 is 0 Å². The topological polar surface area (TPSA) is 20.2 Å². The van der Waals surface area contributed by atoms with Crippen LogP contribution in [-0.4, -0.2) is 10.7 Å². The molecule has 0 unspecified atom stereocenters. The van der Waals surface area contributed by atoms with Gasteiger partial charge in [0.15, 0.2) is 0 Å². The molecule has 0 amide bonds. The second-order valence-electron chi connectivity index (χ2n) is 5.80. The van der Waals surface area contributed by atoms with Crippen molar-refractivity contribution in [1.29, 1.82) is 0 Å². The van der Waals surface area contributed by atoms with Crippen molar-refractivity contribution in [3.05, 3.63) is 64.8 Å². The Balaban J connectivity index is 2.68. The maximum absolute atomic E-state index is 14.1. The quantitative estimate of drug-likeness (QED) is 0.821. The minimum absolute atomic E-state index is 0.0118. The average molecular weight is 290 g/mol. The fraction of sp³-hybridized carbons (Fsp3) is 0.333. The van der Waals surface area contributed by atoms with Gasteiger partial charge in [0.1, 0.15) is 11.7 Å². The van der Waals surface area contributed by atoms with Gasteiger partial charge in [0, 0.05) is 12.0 Å². The van der Waals surface area contributed by atoms with Gasteiger partial charge in [-0.3, -0.25) is 0 Å². The van der Waals surface area contributed by atoms with Gasteiger partial charge in [-0.25, -0.2) is 8.78 Å². The predicted molar refractivity (Wildman–Crippen MR) is 81.9 cm³/mol. The maximum Gasteiger partial charge on any atom is 0.129 e. The first-order valence-corrected chi connectivity index (χ1v) is 7.06. The number of benzene rings is 1. The lowest BCUT2D eigenvalue weighted by molar-refractivity contribution is 0.143. The third-order valence-corrected chi connectivity index (χ3v) is 3.62. The summed E-state index contributed by atoms with van der Waals surface area (Å²) in [6.45, 7) is 4.91. The molecule has 0 saturated carbocycles. The third-order valence-electron chi connectivity index (χ3n) is 3.62. The van der Waals surface area contributed by atoms with E-state index in [2.05, 4.69) is 0 Å². The van der Waals surface area contributed by atoms with E-state index in [9.17, 15) is 13.9 Å². The van der Waals surface area contributed by atoms with Crippen molar-refractivity contribution in [2.45, 2.75) is 39.2 Å². The van der Waals surface area contributed by atoms with Crippen LogP contribution in [0.15, 0.2) is 59.2 Å². The first kappa shape index (κ1) is 15.6. The highest BCUT2D eigenvalue weighted by molar-refractivity contribution is 5.78. The minimum atomic E-state index is -1.20. The Bertz CT molecular complexity index is 616. The standard InChI is InChI=1S/C18H20F2O/c1-12(16-14(19)10-7-11-15(16)20)17(18(2,3)21)13-8-5-4-6-9-13/h4-6,8-10,21H,7,11H2,1-3H3/b17-12+. The molecule has 0 saturated heterocycles. The average Bonchev–Trinajstić information content (AvgIpc) is 2.38. The van der Waals surface area contributed by atoms with Gasteiger partial charge in [0.25, 0.3) is 0 Å². The van der Waals surface area contributed by atoms with Crippen LogP contribution in [0.4, 0.5) is 8.78 Å². The van der Waals surface area contributed by atoms with Gasteiger partial charge in [0.2, 0.25) is 0 Å². The fourth-order valence-electron chi connectivity index (χ4n) is 2.82. The summed E-state index contributed by atoms with van der Waals surface area (Å²) in [7, 11) is 0. The number of allylic oxidation sites excluding steroid dienone is 5. The van der Waals surface area contributed by atoms with Crippen molar-refractivity contribution in [2.75, 3.05) is 0 Å². The molecule has 1 aromatic rings. The molecular formula is C18H20F2O. The Morgan fingerprint density at radius 1 is 1.14 bits per heavy atom. The van der Waals surface area contributed by atoms with Crippen LogP contribution in [0.1, 0.15) is 39.2 Å². The van der Waals surface area contributed by atoms with Gasteiger partial charge in [-0.05, 0) is 50.0 Å². The summed E-state index contributed by atoms with van der Waals surface area (Å²) >= 11 is 0. The van der Waals surface area contributed by atoms with E-state index in [1.54, 1.807) is 20.8 Å². The predicted octanol–water partition coefficient (Wildman–Crippen LogP) is 5.10. The van der Waals surface area contributed by atoms with Crippen molar-refractivity contribution >= 4 is 5.57 Å². The molecule has 2 rings (SSSR count). The number of hydrogen-bond donors (Lipinski definition) is 1. The fourth-order valence-corrected chi connectivity index (χ4v) is 2.82. The second-order valence-corrected chi connectivity index (χ2v) is 5.80. The van der Waals surface area contributed by atoms with E-state index in [1.807, 2.05) is 30.3 Å². The van der Waals surface area contributed by atoms with E-state index in [0.29, 0.717) is 17.6 Å². The van der Waals surface area contributed by atoms with Gasteiger partial charge in [-0.15, -0.1) is 0 Å². The van der Waals surface area contributed by atoms with Crippen molar-refractivity contribution < 1.29 is 13.9 Å². The van der Waals surface area contributed by atoms with Crippen LogP contribution in [0.2, 0.25) is 0 Å². The van der Waals surface area contributed by atoms with Crippen molar-refractivity contribution in [1.82, 2.24) is 0 Å². The largest absolute Gasteiger partial charge is 0.386 e. The smallest absolute Gasteiger partial charge is 0.129 e. The normalized spacial score (nSPS) is 17.5. The molecule has 112 valence electrons. The molecule has 1 nitrogen and oxygen atoms in total. The number of hydrogen-bond acceptors (Lipinski definition) is 1. The molecule has 0 bridgehead atoms. The van der Waals surface area contributed by atoms with E-state index in [0.717, 1.165) is 5.56 Å². The molecule has 1 aliphatic rings. The van der Waals surface area contributed by atoms with E-state index in [4.69, 9.17) is 0 Å². The molecule has 0 aliphatic heterocycles. The van der Waals surface area contributed by atoms with E-state index in [-0.39, 0.29) is 12.0 Å². The Morgan fingerprint density at radius 3 is 2.29 bits per heavy atom. The van der Waals surface area contributed by atoms with Crippen molar-refractivity contribution in [3.8, 4) is 0 Å². The van der Waals surface area contributed by atoms with Gasteiger partial charge >= 0.3 is 0 Å². The van der Waals surface area contributed by atoms with Crippen LogP contribution in [0, 0.1) is 0 Å². The van der Waals surface area contributed by atoms with Crippen molar-refractivity contribution in [2.24, 2.45) is 0 Å². The molecule has 21 heavy (non-hydrogen) atoms. The summed E-state index contributed by atoms with van der Waals surface area (Å²) in [6, 6.07) is 9.21. The van der Waals surface area contributed by atoms with Crippen LogP contribution >= 0.6 is 0 Å². The highest BCUT2D eigenvalue weighted by Crippen LogP contribution is 2.39. The second kappa shape index (κ2) is 5.94. The molecule has 3 heteroatoms. The number of halogens is 2. The van der Waals surface area contributed by atoms with Crippen LogP contribution in [-0.2, 0) is 0 Å². The molecule has 1 N–H and O–H groups in total. The monoisotopic (exact) mass is 290 g/mol. The van der Waals surface area contributed by atoms with Gasteiger partial charge in [0.05, 0.1) is 5.60 Å².